The number of nitrogens with zero attached hydrogens (tertiary/aromatic N) is 4. The van der Waals surface area contributed by atoms with Crippen LogP contribution in [-0.4, -0.2) is 68.4 Å². The molecule has 0 radical (unpaired) electrons. The van der Waals surface area contributed by atoms with Crippen molar-refractivity contribution in [2.45, 2.75) is 70.5 Å². The Kier molecular flexibility index (Phi) is 6.74. The van der Waals surface area contributed by atoms with E-state index in [4.69, 9.17) is 4.74 Å². The third-order valence-electron chi connectivity index (χ3n) is 7.53. The Hall–Kier alpha value is -3.69. The molecule has 1 aromatic heterocycles. The van der Waals surface area contributed by atoms with Crippen molar-refractivity contribution in [2.24, 2.45) is 7.05 Å². The van der Waals surface area contributed by atoms with E-state index in [0.717, 1.165) is 30.5 Å². The molecular weight excluding hydrogens is 474 g/mol. The first-order valence-corrected chi connectivity index (χ1v) is 13.0. The summed E-state index contributed by atoms with van der Waals surface area (Å²) in [4.78, 5) is 53.5. The lowest BCUT2D eigenvalue weighted by Crippen LogP contribution is -2.52. The van der Waals surface area contributed by atoms with Gasteiger partial charge in [0.2, 0.25) is 11.8 Å². The summed E-state index contributed by atoms with van der Waals surface area (Å²) in [7, 11) is 1.80. The van der Waals surface area contributed by atoms with Gasteiger partial charge < -0.3 is 14.5 Å². The van der Waals surface area contributed by atoms with E-state index in [2.05, 4.69) is 24.3 Å². The highest BCUT2D eigenvalue weighted by Gasteiger charge is 2.39. The molecule has 0 aliphatic carbocycles. The summed E-state index contributed by atoms with van der Waals surface area (Å²) < 4.78 is 7.80. The highest BCUT2D eigenvalue weighted by Crippen LogP contribution is 2.31. The van der Waals surface area contributed by atoms with Gasteiger partial charge in [-0.2, -0.15) is 5.10 Å². The summed E-state index contributed by atoms with van der Waals surface area (Å²) in [6.45, 7) is 5.44. The molecule has 4 amide bonds. The van der Waals surface area contributed by atoms with E-state index in [1.54, 1.807) is 23.9 Å². The molecule has 1 aromatic carbocycles. The van der Waals surface area contributed by atoms with Crippen molar-refractivity contribution in [1.82, 2.24) is 24.9 Å². The molecular formula is C27H33N5O5. The lowest BCUT2D eigenvalue weighted by atomic mass is 10.0. The molecule has 10 nitrogen and oxygen atoms in total. The van der Waals surface area contributed by atoms with Crippen LogP contribution in [0.3, 0.4) is 0 Å². The molecule has 10 heteroatoms. The molecule has 5 rings (SSSR count). The first-order valence-electron chi connectivity index (χ1n) is 13.0. The van der Waals surface area contributed by atoms with Crippen LogP contribution in [0.25, 0.3) is 0 Å². The minimum Gasteiger partial charge on any atom is -0.491 e. The van der Waals surface area contributed by atoms with E-state index in [1.807, 2.05) is 17.0 Å². The van der Waals surface area contributed by atoms with E-state index >= 15 is 0 Å². The molecule has 3 aliphatic rings. The standard InChI is InChI=1S/C27H33N5O5/c1-16(2)21-13-23(30(3)29-21)27(36)31-11-5-4-6-18(31)15-37-19-7-8-20-17(12-19)14-32(26(20)35)22-9-10-24(33)28-25(22)34/h7-8,12-13,16,18,22H,4-6,9-11,14-15H2,1-3H3,(H,28,33,34). The van der Waals surface area contributed by atoms with Gasteiger partial charge in [-0.1, -0.05) is 13.8 Å². The van der Waals surface area contributed by atoms with Gasteiger partial charge in [-0.3, -0.25) is 29.2 Å². The van der Waals surface area contributed by atoms with Gasteiger partial charge in [0, 0.05) is 32.1 Å². The highest BCUT2D eigenvalue weighted by atomic mass is 16.5. The minimum absolute atomic E-state index is 0.0327. The van der Waals surface area contributed by atoms with Crippen molar-refractivity contribution < 1.29 is 23.9 Å². The van der Waals surface area contributed by atoms with Gasteiger partial charge in [0.15, 0.2) is 0 Å². The Morgan fingerprint density at radius 1 is 1.16 bits per heavy atom. The number of aromatic nitrogens is 2. The number of fused-ring (bicyclic) bond motifs is 1. The average Bonchev–Trinajstić information content (AvgIpc) is 3.42. The number of hydrogen-bond donors (Lipinski definition) is 1. The van der Waals surface area contributed by atoms with E-state index in [9.17, 15) is 19.2 Å². The van der Waals surface area contributed by atoms with Crippen LogP contribution in [0, 0.1) is 0 Å². The summed E-state index contributed by atoms with van der Waals surface area (Å²) in [5, 5.41) is 6.82. The zero-order valence-corrected chi connectivity index (χ0v) is 21.5. The number of rotatable bonds is 6. The molecule has 2 unspecified atom stereocenters. The minimum atomic E-state index is -0.646. The summed E-state index contributed by atoms with van der Waals surface area (Å²) >= 11 is 0. The van der Waals surface area contributed by atoms with Gasteiger partial charge in [0.25, 0.3) is 11.8 Å². The van der Waals surface area contributed by atoms with E-state index in [-0.39, 0.29) is 36.1 Å². The summed E-state index contributed by atoms with van der Waals surface area (Å²) in [5.41, 5.74) is 2.82. The van der Waals surface area contributed by atoms with E-state index in [1.165, 1.54) is 4.90 Å². The number of carbonyl (C=O) groups is 4. The zero-order chi connectivity index (χ0) is 26.3. The maximum absolute atomic E-state index is 13.4. The predicted molar refractivity (Wildman–Crippen MR) is 134 cm³/mol. The number of piperidine rings is 2. The van der Waals surface area contributed by atoms with Crippen LogP contribution in [0.2, 0.25) is 0 Å². The third-order valence-corrected chi connectivity index (χ3v) is 7.53. The molecule has 0 spiro atoms. The molecule has 2 atom stereocenters. The number of amides is 4. The van der Waals surface area contributed by atoms with Gasteiger partial charge in [-0.15, -0.1) is 0 Å². The van der Waals surface area contributed by atoms with Crippen LogP contribution >= 0.6 is 0 Å². The predicted octanol–water partition coefficient (Wildman–Crippen LogP) is 2.38. The van der Waals surface area contributed by atoms with Crippen LogP contribution in [0.5, 0.6) is 5.75 Å². The quantitative estimate of drug-likeness (QED) is 0.601. The van der Waals surface area contributed by atoms with Crippen molar-refractivity contribution in [3.63, 3.8) is 0 Å². The number of imide groups is 1. The molecule has 37 heavy (non-hydrogen) atoms. The van der Waals surface area contributed by atoms with Crippen molar-refractivity contribution in [2.75, 3.05) is 13.2 Å². The number of hydrogen-bond acceptors (Lipinski definition) is 6. The van der Waals surface area contributed by atoms with Crippen molar-refractivity contribution >= 4 is 23.6 Å². The summed E-state index contributed by atoms with van der Waals surface area (Å²) in [6, 6.07) is 6.50. The second-order valence-corrected chi connectivity index (χ2v) is 10.4. The molecule has 196 valence electrons. The third kappa shape index (κ3) is 4.84. The fraction of sp³-hybridized carbons (Fsp3) is 0.519. The Balaban J connectivity index is 1.26. The van der Waals surface area contributed by atoms with Gasteiger partial charge >= 0.3 is 0 Å². The Morgan fingerprint density at radius 3 is 2.70 bits per heavy atom. The molecule has 4 heterocycles. The Labute approximate surface area is 215 Å². The van der Waals surface area contributed by atoms with Gasteiger partial charge in [-0.05, 0) is 61.4 Å². The molecule has 0 saturated carbocycles. The number of aryl methyl sites for hydroxylation is 1. The van der Waals surface area contributed by atoms with Gasteiger partial charge in [0.1, 0.15) is 24.1 Å². The summed E-state index contributed by atoms with van der Waals surface area (Å²) in [5.74, 6) is -0.111. The van der Waals surface area contributed by atoms with Crippen LogP contribution in [-0.2, 0) is 23.2 Å². The smallest absolute Gasteiger partial charge is 0.272 e. The van der Waals surface area contributed by atoms with Crippen LogP contribution < -0.4 is 10.1 Å². The number of benzene rings is 1. The molecule has 3 aliphatic heterocycles. The van der Waals surface area contributed by atoms with Crippen molar-refractivity contribution in [1.29, 1.82) is 0 Å². The van der Waals surface area contributed by atoms with E-state index < -0.39 is 11.9 Å². The van der Waals surface area contributed by atoms with E-state index in [0.29, 0.717) is 43.1 Å². The lowest BCUT2D eigenvalue weighted by molar-refractivity contribution is -0.136. The van der Waals surface area contributed by atoms with Gasteiger partial charge in [-0.25, -0.2) is 0 Å². The Bertz CT molecular complexity index is 1250. The number of ether oxygens (including phenoxy) is 1. The molecule has 2 fully saturated rings. The fourth-order valence-electron chi connectivity index (χ4n) is 5.39. The average molecular weight is 508 g/mol. The molecule has 1 N–H and O–H groups in total. The van der Waals surface area contributed by atoms with Crippen LogP contribution in [0.4, 0.5) is 0 Å². The maximum Gasteiger partial charge on any atom is 0.272 e. The normalized spacial score (nSPS) is 21.9. The number of nitrogens with one attached hydrogen (secondary N) is 1. The van der Waals surface area contributed by atoms with Crippen molar-refractivity contribution in [3.8, 4) is 5.75 Å². The van der Waals surface area contributed by atoms with Crippen LogP contribution in [0.1, 0.15) is 84.0 Å². The fourth-order valence-corrected chi connectivity index (χ4v) is 5.39. The highest BCUT2D eigenvalue weighted by molar-refractivity contribution is 6.05. The zero-order valence-electron chi connectivity index (χ0n) is 21.5. The number of carbonyl (C=O) groups excluding carboxylic acids is 4. The second-order valence-electron chi connectivity index (χ2n) is 10.4. The molecule has 0 bridgehead atoms. The molecule has 2 aromatic rings. The first-order chi connectivity index (χ1) is 17.7. The largest absolute Gasteiger partial charge is 0.491 e. The Morgan fingerprint density at radius 2 is 1.97 bits per heavy atom. The topological polar surface area (TPSA) is 114 Å². The van der Waals surface area contributed by atoms with Crippen LogP contribution in [0.15, 0.2) is 24.3 Å². The molecule has 2 saturated heterocycles. The van der Waals surface area contributed by atoms with Crippen molar-refractivity contribution in [3.05, 3.63) is 46.8 Å². The SMILES string of the molecule is CC(C)c1cc(C(=O)N2CCCCC2COc2ccc3c(c2)CN(C2CCC(=O)NC2=O)C3=O)n(C)n1. The number of likely N-dealkylation sites (tertiary alicyclic amines) is 1. The maximum atomic E-state index is 13.4. The first kappa shape index (κ1) is 25.0. The monoisotopic (exact) mass is 507 g/mol. The summed E-state index contributed by atoms with van der Waals surface area (Å²) in [6.07, 6.45) is 3.38. The van der Waals surface area contributed by atoms with Gasteiger partial charge in [0.05, 0.1) is 11.7 Å². The second kappa shape index (κ2) is 9.99. The lowest BCUT2D eigenvalue weighted by Gasteiger charge is -2.35.